The fourth-order valence-electron chi connectivity index (χ4n) is 2.37. The fraction of sp³-hybridized carbons (Fsp3) is 0.286. The van der Waals surface area contributed by atoms with Crippen LogP contribution in [0, 0.1) is 5.92 Å². The van der Waals surface area contributed by atoms with E-state index in [9.17, 15) is 14.4 Å². The van der Waals surface area contributed by atoms with Gasteiger partial charge < -0.3 is 24.8 Å². The second kappa shape index (κ2) is 10.1. The molecule has 0 heterocycles. The highest BCUT2D eigenvalue weighted by atomic mass is 16.5. The number of carbonyl (C=O) groups is 3. The van der Waals surface area contributed by atoms with E-state index in [0.717, 1.165) is 0 Å². The summed E-state index contributed by atoms with van der Waals surface area (Å²) in [5.74, 6) is -1.01. The van der Waals surface area contributed by atoms with Gasteiger partial charge in [0.2, 0.25) is 0 Å². The van der Waals surface area contributed by atoms with Gasteiger partial charge in [0.15, 0.2) is 6.61 Å². The molecule has 2 rings (SSSR count). The highest BCUT2D eigenvalue weighted by Gasteiger charge is 2.17. The van der Waals surface area contributed by atoms with Crippen molar-refractivity contribution in [1.82, 2.24) is 0 Å². The predicted molar refractivity (Wildman–Crippen MR) is 108 cm³/mol. The number of nitrogens with one attached hydrogen (secondary N) is 2. The van der Waals surface area contributed by atoms with Crippen LogP contribution < -0.4 is 20.1 Å². The lowest BCUT2D eigenvalue weighted by molar-refractivity contribution is -0.150. The lowest BCUT2D eigenvalue weighted by Gasteiger charge is -2.16. The molecule has 0 fully saturated rings. The average Bonchev–Trinajstić information content (AvgIpc) is 2.73. The lowest BCUT2D eigenvalue weighted by atomic mass is 10.2. The maximum absolute atomic E-state index is 12.4. The van der Waals surface area contributed by atoms with Crippen molar-refractivity contribution in [2.45, 2.75) is 13.8 Å². The summed E-state index contributed by atoms with van der Waals surface area (Å²) in [4.78, 5) is 36.0. The van der Waals surface area contributed by atoms with Gasteiger partial charge in [-0.2, -0.15) is 0 Å². The molecule has 0 aliphatic rings. The number of amides is 2. The van der Waals surface area contributed by atoms with E-state index in [-0.39, 0.29) is 11.8 Å². The van der Waals surface area contributed by atoms with Crippen molar-refractivity contribution in [3.8, 4) is 11.5 Å². The van der Waals surface area contributed by atoms with Crippen molar-refractivity contribution in [3.63, 3.8) is 0 Å². The van der Waals surface area contributed by atoms with Crippen molar-refractivity contribution in [2.24, 2.45) is 5.92 Å². The minimum Gasteiger partial charge on any atom is -0.494 e. The molecule has 2 amide bonds. The second-order valence-electron chi connectivity index (χ2n) is 6.38. The second-order valence-corrected chi connectivity index (χ2v) is 6.38. The summed E-state index contributed by atoms with van der Waals surface area (Å²) >= 11 is 0. The first kappa shape index (κ1) is 21.7. The molecule has 2 aromatic rings. The molecule has 0 saturated heterocycles. The van der Waals surface area contributed by atoms with Crippen LogP contribution in [0.15, 0.2) is 42.5 Å². The van der Waals surface area contributed by atoms with Crippen LogP contribution in [0.25, 0.3) is 0 Å². The predicted octanol–water partition coefficient (Wildman–Crippen LogP) is 3.09. The van der Waals surface area contributed by atoms with E-state index in [0.29, 0.717) is 28.4 Å². The Bertz CT molecular complexity index is 880. The molecule has 154 valence electrons. The van der Waals surface area contributed by atoms with Crippen molar-refractivity contribution < 1.29 is 28.6 Å². The Labute approximate surface area is 169 Å². The highest BCUT2D eigenvalue weighted by molar-refractivity contribution is 6.05. The average molecular weight is 400 g/mol. The Morgan fingerprint density at radius 1 is 0.897 bits per heavy atom. The summed E-state index contributed by atoms with van der Waals surface area (Å²) in [5, 5.41) is 5.37. The van der Waals surface area contributed by atoms with E-state index in [1.54, 1.807) is 38.1 Å². The quantitative estimate of drug-likeness (QED) is 0.660. The normalized spacial score (nSPS) is 10.2. The third kappa shape index (κ3) is 5.97. The SMILES string of the molecule is COc1cc(NC(=O)c2ccccc2)c(OC)cc1NC(=O)COC(=O)C(C)C. The standard InChI is InChI=1S/C21H24N2O6/c1-13(2)21(26)29-12-19(24)22-15-10-18(28-4)16(11-17(15)27-3)23-20(25)14-8-6-5-7-9-14/h5-11,13H,12H2,1-4H3,(H,22,24)(H,23,25). The number of esters is 1. The van der Waals surface area contributed by atoms with Crippen LogP contribution in [0.2, 0.25) is 0 Å². The number of ether oxygens (including phenoxy) is 3. The summed E-state index contributed by atoms with van der Waals surface area (Å²) in [6.45, 7) is 2.93. The number of methoxy groups -OCH3 is 2. The summed E-state index contributed by atoms with van der Waals surface area (Å²) in [5.41, 5.74) is 1.17. The molecular weight excluding hydrogens is 376 g/mol. The van der Waals surface area contributed by atoms with Gasteiger partial charge in [0, 0.05) is 17.7 Å². The fourth-order valence-corrected chi connectivity index (χ4v) is 2.37. The minimum absolute atomic E-state index is 0.303. The maximum atomic E-state index is 12.4. The Balaban J connectivity index is 2.17. The van der Waals surface area contributed by atoms with Gasteiger partial charge in [-0.1, -0.05) is 32.0 Å². The van der Waals surface area contributed by atoms with Crippen LogP contribution in [0.1, 0.15) is 24.2 Å². The Morgan fingerprint density at radius 3 is 1.97 bits per heavy atom. The van der Waals surface area contributed by atoms with Crippen LogP contribution in [0.5, 0.6) is 11.5 Å². The molecule has 2 N–H and O–H groups in total. The molecule has 0 unspecified atom stereocenters. The number of carbonyl (C=O) groups excluding carboxylic acids is 3. The third-order valence-electron chi connectivity index (χ3n) is 3.90. The molecule has 8 nitrogen and oxygen atoms in total. The first-order chi connectivity index (χ1) is 13.8. The zero-order valence-electron chi connectivity index (χ0n) is 16.8. The van der Waals surface area contributed by atoms with E-state index in [1.165, 1.54) is 26.4 Å². The number of benzene rings is 2. The monoisotopic (exact) mass is 400 g/mol. The summed E-state index contributed by atoms with van der Waals surface area (Å²) in [6, 6.07) is 11.8. The van der Waals surface area contributed by atoms with Gasteiger partial charge in [0.05, 0.1) is 31.5 Å². The molecule has 0 aromatic heterocycles. The molecule has 0 spiro atoms. The van der Waals surface area contributed by atoms with Crippen molar-refractivity contribution in [3.05, 3.63) is 48.0 Å². The number of hydrogen-bond acceptors (Lipinski definition) is 6. The van der Waals surface area contributed by atoms with Crippen LogP contribution >= 0.6 is 0 Å². The van der Waals surface area contributed by atoms with Gasteiger partial charge in [-0.15, -0.1) is 0 Å². The Kier molecular flexibility index (Phi) is 7.59. The molecule has 8 heteroatoms. The molecule has 0 radical (unpaired) electrons. The Morgan fingerprint density at radius 2 is 1.45 bits per heavy atom. The van der Waals surface area contributed by atoms with Crippen LogP contribution in [0.3, 0.4) is 0 Å². The molecule has 2 aromatic carbocycles. The number of anilines is 2. The van der Waals surface area contributed by atoms with Crippen molar-refractivity contribution in [1.29, 1.82) is 0 Å². The molecule has 0 bridgehead atoms. The van der Waals surface area contributed by atoms with E-state index >= 15 is 0 Å². The van der Waals surface area contributed by atoms with E-state index in [1.807, 2.05) is 6.07 Å². The topological polar surface area (TPSA) is 103 Å². The summed E-state index contributed by atoms with van der Waals surface area (Å²) < 4.78 is 15.5. The molecule has 0 aliphatic heterocycles. The lowest BCUT2D eigenvalue weighted by Crippen LogP contribution is -2.23. The van der Waals surface area contributed by atoms with E-state index in [4.69, 9.17) is 14.2 Å². The number of hydrogen-bond donors (Lipinski definition) is 2. The zero-order chi connectivity index (χ0) is 21.4. The first-order valence-corrected chi connectivity index (χ1v) is 8.94. The minimum atomic E-state index is -0.527. The van der Waals surface area contributed by atoms with Crippen LogP contribution in [-0.2, 0) is 14.3 Å². The molecule has 29 heavy (non-hydrogen) atoms. The zero-order valence-corrected chi connectivity index (χ0v) is 16.8. The first-order valence-electron chi connectivity index (χ1n) is 8.94. The van der Waals surface area contributed by atoms with Gasteiger partial charge in [-0.05, 0) is 12.1 Å². The Hall–Kier alpha value is -3.55. The van der Waals surface area contributed by atoms with E-state index < -0.39 is 18.5 Å². The van der Waals surface area contributed by atoms with E-state index in [2.05, 4.69) is 10.6 Å². The van der Waals surface area contributed by atoms with Crippen molar-refractivity contribution >= 4 is 29.2 Å². The van der Waals surface area contributed by atoms with Crippen LogP contribution in [0.4, 0.5) is 11.4 Å². The van der Waals surface area contributed by atoms with Gasteiger partial charge in [-0.3, -0.25) is 14.4 Å². The highest BCUT2D eigenvalue weighted by Crippen LogP contribution is 2.36. The summed E-state index contributed by atoms with van der Waals surface area (Å²) in [7, 11) is 2.87. The summed E-state index contributed by atoms with van der Waals surface area (Å²) in [6.07, 6.45) is 0. The van der Waals surface area contributed by atoms with Gasteiger partial charge in [-0.25, -0.2) is 0 Å². The van der Waals surface area contributed by atoms with Gasteiger partial charge in [0.25, 0.3) is 11.8 Å². The largest absolute Gasteiger partial charge is 0.494 e. The number of rotatable bonds is 8. The maximum Gasteiger partial charge on any atom is 0.308 e. The van der Waals surface area contributed by atoms with Crippen molar-refractivity contribution in [2.75, 3.05) is 31.5 Å². The van der Waals surface area contributed by atoms with Gasteiger partial charge in [0.1, 0.15) is 11.5 Å². The third-order valence-corrected chi connectivity index (χ3v) is 3.90. The van der Waals surface area contributed by atoms with Crippen LogP contribution in [-0.4, -0.2) is 38.6 Å². The van der Waals surface area contributed by atoms with Gasteiger partial charge >= 0.3 is 5.97 Å². The smallest absolute Gasteiger partial charge is 0.308 e. The molecular formula is C21H24N2O6. The molecule has 0 saturated carbocycles. The molecule has 0 atom stereocenters. The molecule has 0 aliphatic carbocycles.